The number of likely N-dealkylation sites (N-methyl/N-ethyl adjacent to an activating group) is 1. The molecule has 0 saturated heterocycles. The highest BCUT2D eigenvalue weighted by molar-refractivity contribution is 5.36. The zero-order valence-electron chi connectivity index (χ0n) is 12.3. The first-order chi connectivity index (χ1) is 9.04. The van der Waals surface area contributed by atoms with Gasteiger partial charge in [0.2, 0.25) is 0 Å². The highest BCUT2D eigenvalue weighted by Crippen LogP contribution is 2.43. The van der Waals surface area contributed by atoms with Crippen LogP contribution in [0.15, 0.2) is 12.1 Å². The first-order valence-corrected chi connectivity index (χ1v) is 7.03. The highest BCUT2D eigenvalue weighted by atomic mass is 19.1. The van der Waals surface area contributed by atoms with Crippen molar-refractivity contribution in [2.45, 2.75) is 51.2 Å². The number of methoxy groups -OCH3 is 1. The fourth-order valence-corrected chi connectivity index (χ4v) is 3.55. The second-order valence-corrected chi connectivity index (χ2v) is 5.68. The Hall–Kier alpha value is -0.930. The van der Waals surface area contributed by atoms with Crippen LogP contribution in [0.5, 0.6) is 0 Å². The van der Waals surface area contributed by atoms with E-state index in [1.165, 1.54) is 0 Å². The zero-order valence-corrected chi connectivity index (χ0v) is 12.3. The molecule has 1 unspecified atom stereocenters. The Morgan fingerprint density at radius 2 is 1.89 bits per heavy atom. The quantitative estimate of drug-likeness (QED) is 0.897. The lowest BCUT2D eigenvalue weighted by molar-refractivity contribution is -0.0359. The molecule has 0 amide bonds. The van der Waals surface area contributed by atoms with E-state index < -0.39 is 0 Å². The van der Waals surface area contributed by atoms with Gasteiger partial charge in [0.05, 0.1) is 11.6 Å². The number of ether oxygens (including phenoxy) is 1. The summed E-state index contributed by atoms with van der Waals surface area (Å²) in [5.74, 6) is -0.125. The minimum absolute atomic E-state index is 0.0828. The summed E-state index contributed by atoms with van der Waals surface area (Å²) in [6.45, 7) is 3.91. The summed E-state index contributed by atoms with van der Waals surface area (Å²) in [4.78, 5) is 0. The largest absolute Gasteiger partial charge is 0.376 e. The molecule has 0 heterocycles. The molecule has 1 fully saturated rings. The molecule has 0 aromatic heterocycles. The summed E-state index contributed by atoms with van der Waals surface area (Å²) in [7, 11) is 3.64. The number of hydrogen-bond donors (Lipinski definition) is 1. The minimum Gasteiger partial charge on any atom is -0.376 e. The monoisotopic (exact) mass is 265 g/mol. The maximum Gasteiger partial charge on any atom is 0.128 e. The van der Waals surface area contributed by atoms with Crippen molar-refractivity contribution >= 4 is 0 Å². The third kappa shape index (κ3) is 2.54. The van der Waals surface area contributed by atoms with Gasteiger partial charge in [-0.05, 0) is 50.9 Å². The zero-order chi connectivity index (χ0) is 14.0. The molecule has 106 valence electrons. The second-order valence-electron chi connectivity index (χ2n) is 5.68. The van der Waals surface area contributed by atoms with Gasteiger partial charge in [0, 0.05) is 12.7 Å². The second kappa shape index (κ2) is 5.59. The van der Waals surface area contributed by atoms with Crippen LogP contribution in [0.3, 0.4) is 0 Å². The molecule has 2 nitrogen and oxygen atoms in total. The first kappa shape index (κ1) is 14.5. The molecular formula is C16H24FNO. The van der Waals surface area contributed by atoms with E-state index in [0.29, 0.717) is 0 Å². The SMILES string of the molecule is CNC(c1c(C)cc(C)cc1F)C1(OC)CCCC1. The number of nitrogens with one attached hydrogen (secondary N) is 1. The fourth-order valence-electron chi connectivity index (χ4n) is 3.55. The smallest absolute Gasteiger partial charge is 0.128 e. The average Bonchev–Trinajstić information content (AvgIpc) is 2.83. The van der Waals surface area contributed by atoms with Crippen LogP contribution in [0.1, 0.15) is 48.4 Å². The van der Waals surface area contributed by atoms with Crippen molar-refractivity contribution in [3.8, 4) is 0 Å². The van der Waals surface area contributed by atoms with E-state index >= 15 is 0 Å². The van der Waals surface area contributed by atoms with Crippen LogP contribution in [-0.2, 0) is 4.74 Å². The van der Waals surface area contributed by atoms with E-state index in [0.717, 1.165) is 42.4 Å². The number of halogens is 1. The van der Waals surface area contributed by atoms with E-state index in [1.807, 2.05) is 27.0 Å². The fraction of sp³-hybridized carbons (Fsp3) is 0.625. The van der Waals surface area contributed by atoms with Crippen molar-refractivity contribution < 1.29 is 9.13 Å². The third-order valence-corrected chi connectivity index (χ3v) is 4.44. The number of benzene rings is 1. The summed E-state index contributed by atoms with van der Waals surface area (Å²) in [5.41, 5.74) is 2.46. The molecule has 1 aromatic rings. The molecule has 0 radical (unpaired) electrons. The lowest BCUT2D eigenvalue weighted by Gasteiger charge is -2.37. The molecule has 1 saturated carbocycles. The van der Waals surface area contributed by atoms with Crippen molar-refractivity contribution in [1.82, 2.24) is 5.32 Å². The lowest BCUT2D eigenvalue weighted by atomic mass is 9.84. The molecule has 1 aromatic carbocycles. The molecule has 1 aliphatic rings. The third-order valence-electron chi connectivity index (χ3n) is 4.44. The predicted molar refractivity (Wildman–Crippen MR) is 75.9 cm³/mol. The van der Waals surface area contributed by atoms with Crippen LogP contribution < -0.4 is 5.32 Å². The van der Waals surface area contributed by atoms with E-state index in [2.05, 4.69) is 5.32 Å². The molecule has 1 N–H and O–H groups in total. The minimum atomic E-state index is -0.268. The standard InChI is InChI=1S/C16H24FNO/c1-11-9-12(2)14(13(17)10-11)15(18-3)16(19-4)7-5-6-8-16/h9-10,15,18H,5-8H2,1-4H3. The molecule has 0 spiro atoms. The molecule has 1 atom stereocenters. The van der Waals surface area contributed by atoms with E-state index in [9.17, 15) is 4.39 Å². The van der Waals surface area contributed by atoms with Crippen LogP contribution in [0.25, 0.3) is 0 Å². The summed E-state index contributed by atoms with van der Waals surface area (Å²) in [6, 6.07) is 3.58. The van der Waals surface area contributed by atoms with Crippen LogP contribution in [0, 0.1) is 19.7 Å². The Morgan fingerprint density at radius 3 is 2.37 bits per heavy atom. The molecule has 2 rings (SSSR count). The highest BCUT2D eigenvalue weighted by Gasteiger charge is 2.43. The Morgan fingerprint density at radius 1 is 1.26 bits per heavy atom. The van der Waals surface area contributed by atoms with Crippen molar-refractivity contribution in [1.29, 1.82) is 0 Å². The van der Waals surface area contributed by atoms with Gasteiger partial charge < -0.3 is 10.1 Å². The van der Waals surface area contributed by atoms with Gasteiger partial charge >= 0.3 is 0 Å². The number of rotatable bonds is 4. The van der Waals surface area contributed by atoms with Crippen molar-refractivity contribution in [3.05, 3.63) is 34.6 Å². The maximum absolute atomic E-state index is 14.4. The van der Waals surface area contributed by atoms with Crippen molar-refractivity contribution in [2.75, 3.05) is 14.2 Å². The topological polar surface area (TPSA) is 21.3 Å². The summed E-state index contributed by atoms with van der Waals surface area (Å²) in [6.07, 6.45) is 4.28. The Bertz CT molecular complexity index is 429. The average molecular weight is 265 g/mol. The summed E-state index contributed by atoms with van der Waals surface area (Å²) < 4.78 is 20.2. The van der Waals surface area contributed by atoms with Gasteiger partial charge in [-0.25, -0.2) is 4.39 Å². The first-order valence-electron chi connectivity index (χ1n) is 7.03. The Labute approximate surface area is 115 Å². The molecule has 1 aliphatic carbocycles. The van der Waals surface area contributed by atoms with Gasteiger partial charge in [-0.3, -0.25) is 0 Å². The van der Waals surface area contributed by atoms with Gasteiger partial charge in [0.25, 0.3) is 0 Å². The van der Waals surface area contributed by atoms with Gasteiger partial charge in [0.15, 0.2) is 0 Å². The van der Waals surface area contributed by atoms with Gasteiger partial charge in [-0.2, -0.15) is 0 Å². The van der Waals surface area contributed by atoms with E-state index in [-0.39, 0.29) is 17.5 Å². The summed E-state index contributed by atoms with van der Waals surface area (Å²) in [5, 5.41) is 3.29. The van der Waals surface area contributed by atoms with Gasteiger partial charge in [0.1, 0.15) is 5.82 Å². The Balaban J connectivity index is 2.47. The van der Waals surface area contributed by atoms with Gasteiger partial charge in [-0.15, -0.1) is 0 Å². The number of aryl methyl sites for hydroxylation is 2. The summed E-state index contributed by atoms with van der Waals surface area (Å²) >= 11 is 0. The predicted octanol–water partition coefficient (Wildman–Crippen LogP) is 3.66. The molecule has 0 bridgehead atoms. The van der Waals surface area contributed by atoms with Crippen LogP contribution >= 0.6 is 0 Å². The van der Waals surface area contributed by atoms with Crippen LogP contribution in [-0.4, -0.2) is 19.8 Å². The normalized spacial score (nSPS) is 19.6. The van der Waals surface area contributed by atoms with Crippen LogP contribution in [0.4, 0.5) is 4.39 Å². The lowest BCUT2D eigenvalue weighted by Crippen LogP contribution is -2.43. The molecule has 19 heavy (non-hydrogen) atoms. The van der Waals surface area contributed by atoms with Crippen molar-refractivity contribution in [2.24, 2.45) is 0 Å². The van der Waals surface area contributed by atoms with E-state index in [1.54, 1.807) is 13.2 Å². The molecular weight excluding hydrogens is 241 g/mol. The van der Waals surface area contributed by atoms with Crippen molar-refractivity contribution in [3.63, 3.8) is 0 Å². The Kier molecular flexibility index (Phi) is 4.26. The number of hydrogen-bond acceptors (Lipinski definition) is 2. The van der Waals surface area contributed by atoms with E-state index in [4.69, 9.17) is 4.74 Å². The van der Waals surface area contributed by atoms with Gasteiger partial charge in [-0.1, -0.05) is 18.9 Å². The molecule has 0 aliphatic heterocycles. The van der Waals surface area contributed by atoms with Crippen LogP contribution in [0.2, 0.25) is 0 Å². The molecule has 3 heteroatoms. The maximum atomic E-state index is 14.4.